The monoisotopic (exact) mass is 210 g/mol. The molecule has 0 aliphatic carbocycles. The molecule has 2 fully saturated rings. The topological polar surface area (TPSA) is 40.6 Å². The highest BCUT2D eigenvalue weighted by Gasteiger charge is 2.40. The average molecular weight is 210 g/mol. The molecular formula is C11H18N2O2. The quantitative estimate of drug-likeness (QED) is 0.636. The molecule has 0 bridgehead atoms. The first kappa shape index (κ1) is 10.6. The van der Waals surface area contributed by atoms with Crippen molar-refractivity contribution in [3.05, 3.63) is 0 Å². The van der Waals surface area contributed by atoms with E-state index in [2.05, 4.69) is 18.7 Å². The second-order valence-electron chi connectivity index (χ2n) is 4.92. The van der Waals surface area contributed by atoms with Gasteiger partial charge in [0.1, 0.15) is 0 Å². The van der Waals surface area contributed by atoms with Gasteiger partial charge in [0.25, 0.3) is 0 Å². The molecule has 0 radical (unpaired) electrons. The molecule has 0 aromatic rings. The standard InChI is InChI=1S/C11H18N2O2/c1-8(2)5-12-6-9(7-12)13-10(14)3-4-11(13)15/h8-9H,3-7H2,1-2H3. The third-order valence-corrected chi connectivity index (χ3v) is 3.02. The van der Waals surface area contributed by atoms with Gasteiger partial charge in [-0.3, -0.25) is 19.4 Å². The van der Waals surface area contributed by atoms with Gasteiger partial charge in [-0.15, -0.1) is 0 Å². The second-order valence-corrected chi connectivity index (χ2v) is 4.92. The Labute approximate surface area is 90.2 Å². The summed E-state index contributed by atoms with van der Waals surface area (Å²) < 4.78 is 0. The van der Waals surface area contributed by atoms with Crippen LogP contribution in [0.5, 0.6) is 0 Å². The fourth-order valence-corrected chi connectivity index (χ4v) is 2.37. The molecule has 2 heterocycles. The summed E-state index contributed by atoms with van der Waals surface area (Å²) in [7, 11) is 0. The average Bonchev–Trinajstić information content (AvgIpc) is 2.39. The Kier molecular flexibility index (Phi) is 2.78. The first-order valence-corrected chi connectivity index (χ1v) is 5.65. The van der Waals surface area contributed by atoms with Crippen LogP contribution in [0.3, 0.4) is 0 Å². The van der Waals surface area contributed by atoms with E-state index in [0.717, 1.165) is 19.6 Å². The minimum absolute atomic E-state index is 0.0224. The van der Waals surface area contributed by atoms with Gasteiger partial charge >= 0.3 is 0 Å². The Balaban J connectivity index is 1.83. The van der Waals surface area contributed by atoms with Crippen LogP contribution in [-0.2, 0) is 9.59 Å². The summed E-state index contributed by atoms with van der Waals surface area (Å²) in [6.45, 7) is 7.16. The molecule has 2 aliphatic rings. The van der Waals surface area contributed by atoms with Crippen LogP contribution in [0.15, 0.2) is 0 Å². The fourth-order valence-electron chi connectivity index (χ4n) is 2.37. The van der Waals surface area contributed by atoms with Gasteiger partial charge in [-0.2, -0.15) is 0 Å². The molecule has 0 spiro atoms. The van der Waals surface area contributed by atoms with E-state index in [-0.39, 0.29) is 17.9 Å². The van der Waals surface area contributed by atoms with Crippen molar-refractivity contribution in [3.8, 4) is 0 Å². The Morgan fingerprint density at radius 3 is 2.20 bits per heavy atom. The Bertz CT molecular complexity index is 266. The molecule has 0 saturated carbocycles. The molecule has 0 unspecified atom stereocenters. The lowest BCUT2D eigenvalue weighted by molar-refractivity contribution is -0.145. The lowest BCUT2D eigenvalue weighted by atomic mass is 10.0. The second kappa shape index (κ2) is 3.93. The van der Waals surface area contributed by atoms with Crippen LogP contribution >= 0.6 is 0 Å². The van der Waals surface area contributed by atoms with Gasteiger partial charge in [0.15, 0.2) is 0 Å². The van der Waals surface area contributed by atoms with E-state index in [9.17, 15) is 9.59 Å². The van der Waals surface area contributed by atoms with Crippen molar-refractivity contribution in [1.82, 2.24) is 9.80 Å². The molecule has 0 aromatic heterocycles. The van der Waals surface area contributed by atoms with E-state index in [1.165, 1.54) is 4.90 Å². The number of carbonyl (C=O) groups excluding carboxylic acids is 2. The Morgan fingerprint density at radius 1 is 1.20 bits per heavy atom. The first-order chi connectivity index (χ1) is 7.08. The molecule has 2 aliphatic heterocycles. The lowest BCUT2D eigenvalue weighted by Gasteiger charge is -2.43. The Morgan fingerprint density at radius 2 is 1.73 bits per heavy atom. The van der Waals surface area contributed by atoms with Crippen molar-refractivity contribution in [2.24, 2.45) is 5.92 Å². The third kappa shape index (κ3) is 2.04. The van der Waals surface area contributed by atoms with E-state index in [0.29, 0.717) is 18.8 Å². The SMILES string of the molecule is CC(C)CN1CC(N2C(=O)CCC2=O)C1. The predicted molar refractivity (Wildman–Crippen MR) is 56.2 cm³/mol. The van der Waals surface area contributed by atoms with Crippen LogP contribution in [0.4, 0.5) is 0 Å². The minimum Gasteiger partial charge on any atom is -0.299 e. The maximum atomic E-state index is 11.4. The summed E-state index contributed by atoms with van der Waals surface area (Å²) in [5, 5.41) is 0. The predicted octanol–water partition coefficient (Wildman–Crippen LogP) is 0.476. The zero-order chi connectivity index (χ0) is 11.0. The first-order valence-electron chi connectivity index (χ1n) is 5.65. The number of likely N-dealkylation sites (tertiary alicyclic amines) is 2. The van der Waals surface area contributed by atoms with Crippen LogP contribution in [0.25, 0.3) is 0 Å². The van der Waals surface area contributed by atoms with Crippen LogP contribution in [0.2, 0.25) is 0 Å². The van der Waals surface area contributed by atoms with Gasteiger partial charge in [0.2, 0.25) is 11.8 Å². The normalized spacial score (nSPS) is 24.1. The molecule has 0 atom stereocenters. The summed E-state index contributed by atoms with van der Waals surface area (Å²) in [4.78, 5) is 26.7. The summed E-state index contributed by atoms with van der Waals surface area (Å²) >= 11 is 0. The minimum atomic E-state index is 0.0224. The van der Waals surface area contributed by atoms with E-state index >= 15 is 0 Å². The van der Waals surface area contributed by atoms with Gasteiger partial charge in [-0.25, -0.2) is 0 Å². The van der Waals surface area contributed by atoms with Gasteiger partial charge in [0.05, 0.1) is 6.04 Å². The van der Waals surface area contributed by atoms with Crippen LogP contribution in [0.1, 0.15) is 26.7 Å². The maximum Gasteiger partial charge on any atom is 0.230 e. The third-order valence-electron chi connectivity index (χ3n) is 3.02. The highest BCUT2D eigenvalue weighted by Crippen LogP contribution is 2.22. The summed E-state index contributed by atoms with van der Waals surface area (Å²) in [5.41, 5.74) is 0. The molecule has 2 saturated heterocycles. The molecule has 15 heavy (non-hydrogen) atoms. The fraction of sp³-hybridized carbons (Fsp3) is 0.818. The zero-order valence-corrected chi connectivity index (χ0v) is 9.40. The van der Waals surface area contributed by atoms with Crippen LogP contribution in [0, 0.1) is 5.92 Å². The van der Waals surface area contributed by atoms with Crippen molar-refractivity contribution in [2.45, 2.75) is 32.7 Å². The number of hydrogen-bond donors (Lipinski definition) is 0. The number of carbonyl (C=O) groups is 2. The molecule has 4 heteroatoms. The van der Waals surface area contributed by atoms with Gasteiger partial charge in [0, 0.05) is 32.5 Å². The molecule has 2 rings (SSSR count). The molecular weight excluding hydrogens is 192 g/mol. The number of hydrogen-bond acceptors (Lipinski definition) is 3. The summed E-state index contributed by atoms with van der Waals surface area (Å²) in [5.74, 6) is 0.694. The number of rotatable bonds is 3. The molecule has 0 aromatic carbocycles. The van der Waals surface area contributed by atoms with Crippen molar-refractivity contribution < 1.29 is 9.59 Å². The van der Waals surface area contributed by atoms with Crippen LogP contribution < -0.4 is 0 Å². The van der Waals surface area contributed by atoms with Crippen molar-refractivity contribution >= 4 is 11.8 Å². The zero-order valence-electron chi connectivity index (χ0n) is 9.40. The Hall–Kier alpha value is -0.900. The molecule has 0 N–H and O–H groups in total. The highest BCUT2D eigenvalue weighted by atomic mass is 16.2. The van der Waals surface area contributed by atoms with Crippen LogP contribution in [-0.4, -0.2) is 47.3 Å². The number of amides is 2. The number of imide groups is 1. The molecule has 4 nitrogen and oxygen atoms in total. The van der Waals surface area contributed by atoms with Crippen molar-refractivity contribution in [1.29, 1.82) is 0 Å². The summed E-state index contributed by atoms with van der Waals surface area (Å²) in [6.07, 6.45) is 0.832. The van der Waals surface area contributed by atoms with Gasteiger partial charge in [-0.1, -0.05) is 13.8 Å². The van der Waals surface area contributed by atoms with Gasteiger partial charge in [-0.05, 0) is 5.92 Å². The van der Waals surface area contributed by atoms with E-state index in [4.69, 9.17) is 0 Å². The smallest absolute Gasteiger partial charge is 0.230 e. The van der Waals surface area contributed by atoms with Crippen molar-refractivity contribution in [3.63, 3.8) is 0 Å². The molecule has 2 amide bonds. The summed E-state index contributed by atoms with van der Waals surface area (Å²) in [6, 6.07) is 0.159. The largest absolute Gasteiger partial charge is 0.299 e. The van der Waals surface area contributed by atoms with E-state index in [1.54, 1.807) is 0 Å². The molecule has 84 valence electrons. The van der Waals surface area contributed by atoms with E-state index < -0.39 is 0 Å². The number of nitrogens with zero attached hydrogens (tertiary/aromatic N) is 2. The van der Waals surface area contributed by atoms with E-state index in [1.807, 2.05) is 0 Å². The maximum absolute atomic E-state index is 11.4. The lowest BCUT2D eigenvalue weighted by Crippen LogP contribution is -2.61. The highest BCUT2D eigenvalue weighted by molar-refractivity contribution is 6.02. The van der Waals surface area contributed by atoms with Crippen molar-refractivity contribution in [2.75, 3.05) is 19.6 Å². The van der Waals surface area contributed by atoms with Gasteiger partial charge < -0.3 is 0 Å².